The fraction of sp³-hybridized carbons (Fsp3) is 0.357. The summed E-state index contributed by atoms with van der Waals surface area (Å²) in [5, 5.41) is 0.159. The number of aromatic amines is 1. The van der Waals surface area contributed by atoms with E-state index in [4.69, 9.17) is 42.1 Å². The Morgan fingerprint density at radius 1 is 1.00 bits per heavy atom. The molecule has 0 aliphatic heterocycles. The second-order valence-corrected chi connectivity index (χ2v) is 10.7. The summed E-state index contributed by atoms with van der Waals surface area (Å²) in [7, 11) is 3.08. The summed E-state index contributed by atoms with van der Waals surface area (Å²) < 4.78 is 53.0. The Hall–Kier alpha value is -2.99. The Labute approximate surface area is 250 Å². The van der Waals surface area contributed by atoms with Crippen molar-refractivity contribution < 1.29 is 47.7 Å². The predicted octanol–water partition coefficient (Wildman–Crippen LogP) is 7.39. The van der Waals surface area contributed by atoms with Gasteiger partial charge >= 0.3 is 11.9 Å². The number of methoxy groups -OCH3 is 2. The van der Waals surface area contributed by atoms with Crippen molar-refractivity contribution in [1.29, 1.82) is 0 Å². The molecule has 1 aromatic heterocycles. The largest absolute Gasteiger partial charge is 0.870 e. The van der Waals surface area contributed by atoms with Gasteiger partial charge in [-0.2, -0.15) is 8.78 Å². The maximum atomic E-state index is 13.0. The van der Waals surface area contributed by atoms with E-state index in [0.29, 0.717) is 50.9 Å². The molecule has 1 atom stereocenters. The molecule has 2 aromatic carbocycles. The average molecular weight is 633 g/mol. The summed E-state index contributed by atoms with van der Waals surface area (Å²) in [4.78, 5) is 15.9. The van der Waals surface area contributed by atoms with Crippen molar-refractivity contribution >= 4 is 40.3 Å². The highest BCUT2D eigenvalue weighted by Gasteiger charge is 2.26. The third-order valence-electron chi connectivity index (χ3n) is 6.16. The zero-order valence-corrected chi connectivity index (χ0v) is 24.5. The van der Waals surface area contributed by atoms with Crippen LogP contribution in [-0.2, 0) is 16.9 Å². The zero-order chi connectivity index (χ0) is 28.6. The van der Waals surface area contributed by atoms with Crippen molar-refractivity contribution in [1.82, 2.24) is 0 Å². The monoisotopic (exact) mass is 631 g/mol. The third-order valence-corrected chi connectivity index (χ3v) is 7.64. The van der Waals surface area contributed by atoms with Gasteiger partial charge < -0.3 is 29.2 Å². The number of halogens is 4. The fourth-order valence-corrected chi connectivity index (χ4v) is 5.05. The molecule has 1 saturated carbocycles. The number of ether oxygens (including phenoxy) is 5. The van der Waals surface area contributed by atoms with Gasteiger partial charge in [0, 0.05) is 17.7 Å². The van der Waals surface area contributed by atoms with Crippen LogP contribution in [0.1, 0.15) is 35.6 Å². The van der Waals surface area contributed by atoms with Gasteiger partial charge in [0.2, 0.25) is 0 Å². The zero-order valence-electron chi connectivity index (χ0n) is 22.2. The Bertz CT molecular complexity index is 1310. The van der Waals surface area contributed by atoms with Crippen LogP contribution in [0, 0.1) is 5.92 Å². The summed E-state index contributed by atoms with van der Waals surface area (Å²) in [6, 6.07) is 9.84. The number of hydrogen-bond acceptors (Lipinski definition) is 8. The Morgan fingerprint density at radius 2 is 1.68 bits per heavy atom. The van der Waals surface area contributed by atoms with Crippen molar-refractivity contribution in [3.63, 3.8) is 0 Å². The number of rotatable bonds is 13. The summed E-state index contributed by atoms with van der Waals surface area (Å²) in [5.41, 5.74) is 1.88. The van der Waals surface area contributed by atoms with Crippen molar-refractivity contribution in [2.45, 2.75) is 37.7 Å². The molecule has 1 heterocycles. The lowest BCUT2D eigenvalue weighted by molar-refractivity contribution is -0.377. The number of aromatic nitrogens is 1. The molecule has 0 spiro atoms. The lowest BCUT2D eigenvalue weighted by Crippen LogP contribution is -2.14. The van der Waals surface area contributed by atoms with Gasteiger partial charge in [-0.05, 0) is 65.9 Å². The van der Waals surface area contributed by atoms with Crippen LogP contribution in [-0.4, -0.2) is 38.2 Å². The van der Waals surface area contributed by atoms with Crippen LogP contribution >= 0.6 is 35.0 Å². The van der Waals surface area contributed by atoms with E-state index >= 15 is 0 Å². The topological polar surface area (TPSA) is 107 Å². The molecule has 8 nitrogen and oxygen atoms in total. The molecule has 0 bridgehead atoms. The van der Waals surface area contributed by atoms with E-state index in [1.807, 2.05) is 6.07 Å². The number of alkyl halides is 2. The molecule has 1 aliphatic carbocycles. The molecule has 4 rings (SSSR count). The van der Waals surface area contributed by atoms with Gasteiger partial charge in [0.05, 0.1) is 20.8 Å². The highest BCUT2D eigenvalue weighted by Crippen LogP contribution is 2.38. The normalized spacial score (nSPS) is 13.2. The molecule has 0 unspecified atom stereocenters. The van der Waals surface area contributed by atoms with Gasteiger partial charge in [0.1, 0.15) is 16.1 Å². The van der Waals surface area contributed by atoms with E-state index in [1.165, 1.54) is 13.2 Å². The molecule has 222 valence electrons. The average Bonchev–Trinajstić information content (AvgIpc) is 3.77. The van der Waals surface area contributed by atoms with E-state index < -0.39 is 18.0 Å². The van der Waals surface area contributed by atoms with Crippen LogP contribution in [0.4, 0.5) is 13.6 Å². The fourth-order valence-electron chi connectivity index (χ4n) is 3.87. The molecule has 0 saturated heterocycles. The minimum absolute atomic E-state index is 0. The molecular weight excluding hydrogens is 603 g/mol. The van der Waals surface area contributed by atoms with Gasteiger partial charge in [-0.25, -0.2) is 9.78 Å². The quantitative estimate of drug-likeness (QED) is 0.180. The van der Waals surface area contributed by atoms with Crippen molar-refractivity contribution in [3.8, 4) is 23.0 Å². The number of carbonyl (C=O) groups is 1. The van der Waals surface area contributed by atoms with Crippen molar-refractivity contribution in [2.75, 3.05) is 20.8 Å². The molecule has 0 amide bonds. The van der Waals surface area contributed by atoms with E-state index in [9.17, 15) is 13.6 Å². The maximum absolute atomic E-state index is 13.0. The van der Waals surface area contributed by atoms with E-state index in [0.717, 1.165) is 30.2 Å². The molecular formula is C28H29Cl2F2NO7S. The van der Waals surface area contributed by atoms with E-state index in [1.54, 1.807) is 43.8 Å². The van der Waals surface area contributed by atoms with E-state index in [2.05, 4.69) is 9.72 Å². The van der Waals surface area contributed by atoms with Crippen LogP contribution < -0.4 is 23.9 Å². The second-order valence-electron chi connectivity index (χ2n) is 9.01. The Balaban J connectivity index is 0.00000462. The minimum atomic E-state index is -3.02. The van der Waals surface area contributed by atoms with Gasteiger partial charge in [-0.1, -0.05) is 35.3 Å². The maximum Gasteiger partial charge on any atom is 0.387 e. The summed E-state index contributed by atoms with van der Waals surface area (Å²) in [5.74, 6) is 1.85. The van der Waals surface area contributed by atoms with E-state index in [-0.39, 0.29) is 23.4 Å². The molecule has 3 aromatic rings. The van der Waals surface area contributed by atoms with Crippen LogP contribution in [0.2, 0.25) is 10.0 Å². The first kappa shape index (κ1) is 32.5. The van der Waals surface area contributed by atoms with Crippen molar-refractivity contribution in [3.05, 3.63) is 75.5 Å². The summed E-state index contributed by atoms with van der Waals surface area (Å²) >= 11 is 13.7. The van der Waals surface area contributed by atoms with Gasteiger partial charge in [0.15, 0.2) is 35.4 Å². The number of pyridine rings is 1. The lowest BCUT2D eigenvalue weighted by atomic mass is 10.0. The summed E-state index contributed by atoms with van der Waals surface area (Å²) in [6.45, 7) is -2.64. The first-order valence-electron chi connectivity index (χ1n) is 12.4. The molecule has 41 heavy (non-hydrogen) atoms. The second kappa shape index (κ2) is 15.3. The number of carbonyl (C=O) groups excluding carboxylic acids is 1. The van der Waals surface area contributed by atoms with Crippen LogP contribution in [0.3, 0.4) is 0 Å². The highest BCUT2D eigenvalue weighted by atomic mass is 35.5. The molecule has 1 fully saturated rings. The van der Waals surface area contributed by atoms with Crippen molar-refractivity contribution in [2.24, 2.45) is 5.92 Å². The number of nitrogens with one attached hydrogen (secondary N) is 1. The third kappa shape index (κ3) is 9.26. The van der Waals surface area contributed by atoms with Gasteiger partial charge in [-0.15, -0.1) is 0 Å². The first-order chi connectivity index (χ1) is 19.3. The molecule has 0 radical (unpaired) electrons. The standard InChI is InChI=1S/C28H27Cl2F2NO6S.H2O/c1-35-22-7-5-17(9-25(22)36-2)15-40-28(34)39-24(11-19-20(29)12-33-13-21(19)30)18-6-8-23(38-27(31)32)26(10-18)37-14-16-3-4-16;/h5-10,12-13,16,24,27H,3-4,11,14-15H2,1-2H3;1H2/t24-;/m0./s1. The lowest BCUT2D eigenvalue weighted by Gasteiger charge is -2.21. The number of hydrogen-bond donors (Lipinski definition) is 0. The van der Waals surface area contributed by atoms with Crippen LogP contribution in [0.5, 0.6) is 23.0 Å². The number of benzene rings is 2. The minimum Gasteiger partial charge on any atom is -0.870 e. The predicted molar refractivity (Wildman–Crippen MR) is 150 cm³/mol. The van der Waals surface area contributed by atoms with Crippen LogP contribution in [0.15, 0.2) is 48.8 Å². The molecule has 13 heteroatoms. The van der Waals surface area contributed by atoms with Gasteiger partial charge in [-0.3, -0.25) is 0 Å². The SMILES string of the molecule is COc1ccc(CSC(=O)O[C@@H](Cc2c(Cl)c[nH+]cc2Cl)c2ccc(OC(F)F)c(OCC3CC3)c2)cc1OC.[OH-]. The van der Waals surface area contributed by atoms with Gasteiger partial charge in [0.25, 0.3) is 0 Å². The summed E-state index contributed by atoms with van der Waals surface area (Å²) in [6.07, 6.45) is 4.45. The Kier molecular flexibility index (Phi) is 12.1. The first-order valence-corrected chi connectivity index (χ1v) is 14.1. The highest BCUT2D eigenvalue weighted by molar-refractivity contribution is 8.12. The number of thioether (sulfide) groups is 1. The molecule has 1 aliphatic rings. The number of H-pyrrole nitrogens is 1. The molecule has 2 N–H and O–H groups in total. The smallest absolute Gasteiger partial charge is 0.387 e. The van der Waals surface area contributed by atoms with Crippen LogP contribution in [0.25, 0.3) is 0 Å². The Morgan fingerprint density at radius 3 is 2.32 bits per heavy atom.